The van der Waals surface area contributed by atoms with E-state index in [1.54, 1.807) is 4.90 Å². The number of amides is 2. The molecule has 6 nitrogen and oxygen atoms in total. The molecule has 0 bridgehead atoms. The summed E-state index contributed by atoms with van der Waals surface area (Å²) in [7, 11) is 0. The Morgan fingerprint density at radius 3 is 2.81 bits per heavy atom. The number of hydrogen-bond acceptors (Lipinski definition) is 4. The number of aliphatic hydroxyl groups is 1. The van der Waals surface area contributed by atoms with Crippen LogP contribution in [0.4, 0.5) is 0 Å². The van der Waals surface area contributed by atoms with Gasteiger partial charge in [-0.1, -0.05) is 0 Å². The van der Waals surface area contributed by atoms with Gasteiger partial charge in [0, 0.05) is 50.6 Å². The van der Waals surface area contributed by atoms with Gasteiger partial charge in [0.25, 0.3) is 0 Å². The van der Waals surface area contributed by atoms with Crippen LogP contribution in [0.25, 0.3) is 0 Å². The monoisotopic (exact) mass is 296 g/mol. The second kappa shape index (κ2) is 5.93. The minimum atomic E-state index is -0.327. The van der Waals surface area contributed by atoms with E-state index < -0.39 is 0 Å². The van der Waals surface area contributed by atoms with Gasteiger partial charge in [0.2, 0.25) is 11.8 Å². The first-order valence-electron chi connectivity index (χ1n) is 7.95. The first-order chi connectivity index (χ1) is 10.1. The van der Waals surface area contributed by atoms with E-state index in [9.17, 15) is 14.7 Å². The highest BCUT2D eigenvalue weighted by Crippen LogP contribution is 2.48. The van der Waals surface area contributed by atoms with E-state index in [-0.39, 0.29) is 29.4 Å². The fourth-order valence-corrected chi connectivity index (χ4v) is 3.84. The Balaban J connectivity index is 1.47. The van der Waals surface area contributed by atoms with Crippen molar-refractivity contribution in [2.45, 2.75) is 50.7 Å². The summed E-state index contributed by atoms with van der Waals surface area (Å²) in [5.74, 6) is 0.139. The minimum absolute atomic E-state index is 0.0162. The van der Waals surface area contributed by atoms with Crippen LogP contribution < -0.4 is 5.32 Å². The van der Waals surface area contributed by atoms with Gasteiger partial charge < -0.3 is 20.1 Å². The quantitative estimate of drug-likeness (QED) is 0.768. The van der Waals surface area contributed by atoms with Crippen LogP contribution in [-0.2, 0) is 14.3 Å². The zero-order valence-corrected chi connectivity index (χ0v) is 12.3. The third-order valence-corrected chi connectivity index (χ3v) is 5.36. The summed E-state index contributed by atoms with van der Waals surface area (Å²) in [4.78, 5) is 25.4. The standard InChI is InChI=1S/C15H24N2O4/c18-12-10-11(15(12)4-8-21-9-5-15)16-13(19)3-7-17-6-1-2-14(17)20/h11-12,18H,1-10H2,(H,16,19)/t11-,12-/m1/s1. The molecule has 3 fully saturated rings. The molecular formula is C15H24N2O4. The van der Waals surface area contributed by atoms with Crippen LogP contribution in [0.15, 0.2) is 0 Å². The molecule has 2 atom stereocenters. The van der Waals surface area contributed by atoms with Gasteiger partial charge in [0.05, 0.1) is 6.10 Å². The maximum atomic E-state index is 12.1. The van der Waals surface area contributed by atoms with E-state index >= 15 is 0 Å². The summed E-state index contributed by atoms with van der Waals surface area (Å²) < 4.78 is 5.36. The average Bonchev–Trinajstić information content (AvgIpc) is 2.91. The molecule has 1 saturated carbocycles. The lowest BCUT2D eigenvalue weighted by molar-refractivity contribution is -0.156. The summed E-state index contributed by atoms with van der Waals surface area (Å²) in [6.07, 6.45) is 3.79. The summed E-state index contributed by atoms with van der Waals surface area (Å²) in [6.45, 7) is 2.60. The Morgan fingerprint density at radius 1 is 1.43 bits per heavy atom. The lowest BCUT2D eigenvalue weighted by atomic mass is 9.58. The Hall–Kier alpha value is -1.14. The SMILES string of the molecule is O=C(CCN1CCCC1=O)N[C@@H]1C[C@@H](O)C12CCOCC2. The number of aliphatic hydroxyl groups excluding tert-OH is 1. The number of carbonyl (C=O) groups is 2. The summed E-state index contributed by atoms with van der Waals surface area (Å²) in [5.41, 5.74) is -0.183. The predicted molar refractivity (Wildman–Crippen MR) is 75.5 cm³/mol. The minimum Gasteiger partial charge on any atom is -0.392 e. The van der Waals surface area contributed by atoms with Crippen molar-refractivity contribution in [2.24, 2.45) is 5.41 Å². The Labute approximate surface area is 124 Å². The lowest BCUT2D eigenvalue weighted by Gasteiger charge is -2.55. The summed E-state index contributed by atoms with van der Waals surface area (Å²) in [5, 5.41) is 13.1. The van der Waals surface area contributed by atoms with Gasteiger partial charge in [-0.3, -0.25) is 9.59 Å². The highest BCUT2D eigenvalue weighted by molar-refractivity contribution is 5.80. The van der Waals surface area contributed by atoms with E-state index in [0.717, 1.165) is 25.8 Å². The molecule has 3 rings (SSSR count). The van der Waals surface area contributed by atoms with Gasteiger partial charge in [0.15, 0.2) is 0 Å². The van der Waals surface area contributed by atoms with Gasteiger partial charge in [-0.05, 0) is 25.7 Å². The number of likely N-dealkylation sites (tertiary alicyclic amines) is 1. The molecule has 118 valence electrons. The topological polar surface area (TPSA) is 78.9 Å². The number of rotatable bonds is 4. The Morgan fingerprint density at radius 2 is 2.19 bits per heavy atom. The molecule has 2 N–H and O–H groups in total. The number of nitrogens with one attached hydrogen (secondary N) is 1. The van der Waals surface area contributed by atoms with E-state index in [1.807, 2.05) is 0 Å². The Bertz CT molecular complexity index is 420. The molecule has 0 aromatic heterocycles. The molecule has 0 unspecified atom stereocenters. The van der Waals surface area contributed by atoms with Crippen LogP contribution in [0.1, 0.15) is 38.5 Å². The van der Waals surface area contributed by atoms with Crippen molar-refractivity contribution in [1.29, 1.82) is 0 Å². The first kappa shape index (κ1) is 14.8. The van der Waals surface area contributed by atoms with Crippen LogP contribution >= 0.6 is 0 Å². The molecule has 21 heavy (non-hydrogen) atoms. The van der Waals surface area contributed by atoms with Crippen molar-refractivity contribution in [2.75, 3.05) is 26.3 Å². The van der Waals surface area contributed by atoms with E-state index in [0.29, 0.717) is 39.0 Å². The fraction of sp³-hybridized carbons (Fsp3) is 0.867. The maximum Gasteiger partial charge on any atom is 0.222 e. The molecule has 2 heterocycles. The summed E-state index contributed by atoms with van der Waals surface area (Å²) in [6, 6.07) is 0.0539. The summed E-state index contributed by atoms with van der Waals surface area (Å²) >= 11 is 0. The molecule has 0 aromatic rings. The van der Waals surface area contributed by atoms with E-state index in [1.165, 1.54) is 0 Å². The largest absolute Gasteiger partial charge is 0.392 e. The van der Waals surface area contributed by atoms with Gasteiger partial charge in [-0.15, -0.1) is 0 Å². The normalized spacial score (nSPS) is 31.3. The second-order valence-corrected chi connectivity index (χ2v) is 6.45. The second-order valence-electron chi connectivity index (χ2n) is 6.45. The average molecular weight is 296 g/mol. The van der Waals surface area contributed by atoms with Crippen molar-refractivity contribution in [3.63, 3.8) is 0 Å². The molecule has 2 amide bonds. The van der Waals surface area contributed by atoms with E-state index in [4.69, 9.17) is 4.74 Å². The maximum absolute atomic E-state index is 12.1. The van der Waals surface area contributed by atoms with Crippen LogP contribution in [0, 0.1) is 5.41 Å². The lowest BCUT2D eigenvalue weighted by Crippen LogP contribution is -2.65. The molecule has 0 radical (unpaired) electrons. The van der Waals surface area contributed by atoms with E-state index in [2.05, 4.69) is 5.32 Å². The smallest absolute Gasteiger partial charge is 0.222 e. The fourth-order valence-electron chi connectivity index (χ4n) is 3.84. The Kier molecular flexibility index (Phi) is 4.17. The van der Waals surface area contributed by atoms with Crippen LogP contribution in [0.2, 0.25) is 0 Å². The first-order valence-corrected chi connectivity index (χ1v) is 7.95. The van der Waals surface area contributed by atoms with Gasteiger partial charge in [0.1, 0.15) is 0 Å². The molecule has 0 aromatic carbocycles. The highest BCUT2D eigenvalue weighted by Gasteiger charge is 2.55. The number of carbonyl (C=O) groups excluding carboxylic acids is 2. The molecule has 6 heteroatoms. The predicted octanol–water partition coefficient (Wildman–Crippen LogP) is 0.0451. The highest BCUT2D eigenvalue weighted by atomic mass is 16.5. The molecule has 2 aliphatic heterocycles. The van der Waals surface area contributed by atoms with Crippen molar-refractivity contribution in [1.82, 2.24) is 10.2 Å². The molecule has 3 aliphatic rings. The number of hydrogen-bond donors (Lipinski definition) is 2. The van der Waals surface area contributed by atoms with Gasteiger partial charge in [-0.2, -0.15) is 0 Å². The van der Waals surface area contributed by atoms with Crippen molar-refractivity contribution < 1.29 is 19.4 Å². The number of nitrogens with zero attached hydrogens (tertiary/aromatic N) is 1. The third kappa shape index (κ3) is 2.79. The van der Waals surface area contributed by atoms with Crippen LogP contribution in [0.3, 0.4) is 0 Å². The van der Waals surface area contributed by atoms with Gasteiger partial charge >= 0.3 is 0 Å². The molecule has 2 saturated heterocycles. The van der Waals surface area contributed by atoms with Crippen molar-refractivity contribution in [3.05, 3.63) is 0 Å². The van der Waals surface area contributed by atoms with Crippen molar-refractivity contribution >= 4 is 11.8 Å². The zero-order valence-electron chi connectivity index (χ0n) is 12.3. The van der Waals surface area contributed by atoms with Crippen LogP contribution in [-0.4, -0.2) is 60.3 Å². The molecule has 1 aliphatic carbocycles. The third-order valence-electron chi connectivity index (χ3n) is 5.36. The van der Waals surface area contributed by atoms with Crippen LogP contribution in [0.5, 0.6) is 0 Å². The molecule has 1 spiro atoms. The number of ether oxygens (including phenoxy) is 1. The van der Waals surface area contributed by atoms with Crippen molar-refractivity contribution in [3.8, 4) is 0 Å². The van der Waals surface area contributed by atoms with Gasteiger partial charge in [-0.25, -0.2) is 0 Å². The zero-order chi connectivity index (χ0) is 14.9. The molecular weight excluding hydrogens is 272 g/mol.